The molecule has 2 N–H and O–H groups in total. The van der Waals surface area contributed by atoms with Gasteiger partial charge in [-0.2, -0.15) is 0 Å². The van der Waals surface area contributed by atoms with Gasteiger partial charge in [-0.25, -0.2) is 4.79 Å². The molecule has 1 aromatic heterocycles. The van der Waals surface area contributed by atoms with Crippen LogP contribution in [0.3, 0.4) is 0 Å². The lowest BCUT2D eigenvalue weighted by molar-refractivity contribution is -0.123. The van der Waals surface area contributed by atoms with Crippen LogP contribution in [0.2, 0.25) is 0 Å². The van der Waals surface area contributed by atoms with E-state index in [-0.39, 0.29) is 29.3 Å². The second-order valence-electron chi connectivity index (χ2n) is 7.47. The zero-order valence-corrected chi connectivity index (χ0v) is 13.3. The van der Waals surface area contributed by atoms with Crippen molar-refractivity contribution in [1.82, 2.24) is 14.9 Å². The van der Waals surface area contributed by atoms with E-state index in [1.54, 1.807) is 0 Å². The van der Waals surface area contributed by atoms with Crippen LogP contribution in [0, 0.1) is 16.7 Å². The lowest BCUT2D eigenvalue weighted by atomic mass is 9.69. The van der Waals surface area contributed by atoms with E-state index in [1.807, 2.05) is 0 Å². The van der Waals surface area contributed by atoms with Crippen LogP contribution in [0.25, 0.3) is 0 Å². The highest BCUT2D eigenvalue weighted by Gasteiger charge is 2.61. The number of rotatable bonds is 3. The largest absolute Gasteiger partial charge is 0.351 e. The van der Waals surface area contributed by atoms with E-state index in [9.17, 15) is 14.4 Å². The average molecular weight is 305 g/mol. The van der Waals surface area contributed by atoms with Gasteiger partial charge in [0.25, 0.3) is 5.56 Å². The molecule has 2 bridgehead atoms. The maximum atomic E-state index is 12.3. The molecule has 6 nitrogen and oxygen atoms in total. The third kappa shape index (κ3) is 2.12. The summed E-state index contributed by atoms with van der Waals surface area (Å²) in [5.74, 6) is 0.474. The van der Waals surface area contributed by atoms with Crippen molar-refractivity contribution in [2.75, 3.05) is 0 Å². The lowest BCUT2D eigenvalue weighted by Crippen LogP contribution is -2.48. The molecule has 2 aliphatic carbocycles. The molecule has 2 fully saturated rings. The summed E-state index contributed by atoms with van der Waals surface area (Å²) >= 11 is 0. The fourth-order valence-electron chi connectivity index (χ4n) is 4.39. The Morgan fingerprint density at radius 3 is 2.68 bits per heavy atom. The molecule has 6 heteroatoms. The maximum Gasteiger partial charge on any atom is 0.328 e. The predicted molar refractivity (Wildman–Crippen MR) is 82.5 cm³/mol. The summed E-state index contributed by atoms with van der Waals surface area (Å²) in [6, 6.07) is 1.41. The second kappa shape index (κ2) is 4.83. The van der Waals surface area contributed by atoms with E-state index in [4.69, 9.17) is 0 Å². The Hall–Kier alpha value is -1.85. The quantitative estimate of drug-likeness (QED) is 0.869. The molecule has 1 heterocycles. The molecule has 3 atom stereocenters. The molecule has 3 rings (SSSR count). The van der Waals surface area contributed by atoms with Gasteiger partial charge >= 0.3 is 5.69 Å². The Morgan fingerprint density at radius 1 is 1.41 bits per heavy atom. The summed E-state index contributed by atoms with van der Waals surface area (Å²) in [5, 5.41) is 3.11. The van der Waals surface area contributed by atoms with Gasteiger partial charge in [-0.3, -0.25) is 19.1 Å². The van der Waals surface area contributed by atoms with Crippen molar-refractivity contribution in [2.45, 2.75) is 52.6 Å². The molecular formula is C16H23N3O3. The van der Waals surface area contributed by atoms with Gasteiger partial charge < -0.3 is 5.32 Å². The Labute approximate surface area is 128 Å². The number of carbonyl (C=O) groups excluding carboxylic acids is 1. The first-order chi connectivity index (χ1) is 10.2. The van der Waals surface area contributed by atoms with Crippen molar-refractivity contribution in [3.63, 3.8) is 0 Å². The summed E-state index contributed by atoms with van der Waals surface area (Å²) in [6.45, 7) is 6.79. The Kier molecular flexibility index (Phi) is 3.30. The van der Waals surface area contributed by atoms with Crippen LogP contribution in [0.1, 0.15) is 40.0 Å². The molecule has 0 saturated heterocycles. The summed E-state index contributed by atoms with van der Waals surface area (Å²) in [5.41, 5.74) is -0.658. The van der Waals surface area contributed by atoms with Crippen LogP contribution in [-0.4, -0.2) is 21.5 Å². The highest BCUT2D eigenvalue weighted by molar-refractivity contribution is 5.76. The van der Waals surface area contributed by atoms with Crippen molar-refractivity contribution >= 4 is 5.91 Å². The molecule has 0 aromatic carbocycles. The predicted octanol–water partition coefficient (Wildman–Crippen LogP) is 0.868. The van der Waals surface area contributed by atoms with Crippen LogP contribution in [0.15, 0.2) is 21.9 Å². The third-order valence-corrected chi connectivity index (χ3v) is 6.34. The zero-order chi connectivity index (χ0) is 16.1. The van der Waals surface area contributed by atoms with Gasteiger partial charge in [0.1, 0.15) is 6.54 Å². The van der Waals surface area contributed by atoms with Gasteiger partial charge in [-0.15, -0.1) is 0 Å². The zero-order valence-electron chi connectivity index (χ0n) is 13.3. The van der Waals surface area contributed by atoms with Gasteiger partial charge in [0.15, 0.2) is 0 Å². The van der Waals surface area contributed by atoms with Gasteiger partial charge in [0, 0.05) is 18.3 Å². The average Bonchev–Trinajstić information content (AvgIpc) is 2.75. The lowest BCUT2D eigenvalue weighted by Gasteiger charge is -2.39. The van der Waals surface area contributed by atoms with Crippen LogP contribution >= 0.6 is 0 Å². The van der Waals surface area contributed by atoms with Crippen molar-refractivity contribution in [1.29, 1.82) is 0 Å². The topological polar surface area (TPSA) is 84.0 Å². The minimum absolute atomic E-state index is 0.0622. The number of aromatic nitrogens is 2. The van der Waals surface area contributed by atoms with Gasteiger partial charge in [-0.1, -0.05) is 20.8 Å². The monoisotopic (exact) mass is 305 g/mol. The molecule has 0 aliphatic heterocycles. The number of hydrogen-bond acceptors (Lipinski definition) is 3. The normalized spacial score (nSPS) is 32.1. The van der Waals surface area contributed by atoms with E-state index in [1.165, 1.54) is 23.3 Å². The number of nitrogens with one attached hydrogen (secondary N) is 2. The summed E-state index contributed by atoms with van der Waals surface area (Å²) in [7, 11) is 0. The van der Waals surface area contributed by atoms with Gasteiger partial charge in [0.2, 0.25) is 5.91 Å². The number of fused-ring (bicyclic) bond motifs is 2. The SMILES string of the molecule is CC1(C)[C@H]2CC[C@@]1(C)[C@@H](NC(=O)Cn1ccc(=O)[nH]c1=O)C2. The van der Waals surface area contributed by atoms with Crippen LogP contribution < -0.4 is 16.6 Å². The molecular weight excluding hydrogens is 282 g/mol. The number of hydrogen-bond donors (Lipinski definition) is 2. The molecule has 22 heavy (non-hydrogen) atoms. The number of carbonyl (C=O) groups is 1. The molecule has 2 aliphatic rings. The van der Waals surface area contributed by atoms with E-state index in [2.05, 4.69) is 31.1 Å². The number of aromatic amines is 1. The highest BCUT2D eigenvalue weighted by Crippen LogP contribution is 2.65. The van der Waals surface area contributed by atoms with Crippen molar-refractivity contribution in [2.24, 2.45) is 16.7 Å². The molecule has 1 amide bonds. The van der Waals surface area contributed by atoms with Crippen LogP contribution in [0.5, 0.6) is 0 Å². The van der Waals surface area contributed by atoms with E-state index in [0.717, 1.165) is 12.8 Å². The first kappa shape index (κ1) is 15.1. The van der Waals surface area contributed by atoms with E-state index in [0.29, 0.717) is 5.92 Å². The van der Waals surface area contributed by atoms with E-state index < -0.39 is 11.2 Å². The van der Waals surface area contributed by atoms with Gasteiger partial charge in [0.05, 0.1) is 0 Å². The minimum atomic E-state index is -0.554. The van der Waals surface area contributed by atoms with E-state index >= 15 is 0 Å². The van der Waals surface area contributed by atoms with Crippen LogP contribution in [0.4, 0.5) is 0 Å². The summed E-state index contributed by atoms with van der Waals surface area (Å²) in [6.07, 6.45) is 4.73. The Bertz CT molecular complexity index is 718. The fraction of sp³-hybridized carbons (Fsp3) is 0.688. The van der Waals surface area contributed by atoms with Crippen molar-refractivity contribution in [3.8, 4) is 0 Å². The fourth-order valence-corrected chi connectivity index (χ4v) is 4.39. The first-order valence-corrected chi connectivity index (χ1v) is 7.83. The first-order valence-electron chi connectivity index (χ1n) is 7.83. The summed E-state index contributed by atoms with van der Waals surface area (Å²) < 4.78 is 1.22. The maximum absolute atomic E-state index is 12.3. The van der Waals surface area contributed by atoms with Crippen molar-refractivity contribution < 1.29 is 4.79 Å². The smallest absolute Gasteiger partial charge is 0.328 e. The standard InChI is InChI=1S/C16H23N3O3/c1-15(2)10-4-6-16(15,3)11(8-10)17-13(21)9-19-7-5-12(20)18-14(19)22/h5,7,10-11H,4,6,8-9H2,1-3H3,(H,17,21)(H,18,20,22)/t10-,11-,16-/m0/s1. The Morgan fingerprint density at radius 2 is 2.14 bits per heavy atom. The third-order valence-electron chi connectivity index (χ3n) is 6.34. The number of nitrogens with zero attached hydrogens (tertiary/aromatic N) is 1. The van der Waals surface area contributed by atoms with Crippen molar-refractivity contribution in [3.05, 3.63) is 33.1 Å². The summed E-state index contributed by atoms with van der Waals surface area (Å²) in [4.78, 5) is 37.1. The highest BCUT2D eigenvalue weighted by atomic mass is 16.2. The molecule has 0 unspecified atom stereocenters. The van der Waals surface area contributed by atoms with Crippen LogP contribution in [-0.2, 0) is 11.3 Å². The second-order valence-corrected chi connectivity index (χ2v) is 7.47. The minimum Gasteiger partial charge on any atom is -0.351 e. The van der Waals surface area contributed by atoms with Gasteiger partial charge in [-0.05, 0) is 36.0 Å². The number of H-pyrrole nitrogens is 1. The molecule has 0 radical (unpaired) electrons. The number of amides is 1. The molecule has 0 spiro atoms. The Balaban J connectivity index is 1.71. The molecule has 2 saturated carbocycles. The molecule has 1 aromatic rings. The molecule has 120 valence electrons.